The molecular weight excluding hydrogens is 549 g/mol. The number of carbonyl (C=O) groups excluding carboxylic acids is 1. The SMILES string of the molecule is COc1cc(F)c(C(=O)N2N=C(c3ccc(F)cc3)SC2c2cccc(OCc3occc3C(=O)O)c2)c(F)c1. The fraction of sp³-hybridized carbons (Fsp3) is 0.107. The van der Waals surface area contributed by atoms with Gasteiger partial charge in [0.15, 0.2) is 5.76 Å². The van der Waals surface area contributed by atoms with E-state index in [1.54, 1.807) is 24.3 Å². The first-order valence-corrected chi connectivity index (χ1v) is 12.5. The lowest BCUT2D eigenvalue weighted by Gasteiger charge is -2.22. The van der Waals surface area contributed by atoms with E-state index in [1.807, 2.05) is 0 Å². The fourth-order valence-corrected chi connectivity index (χ4v) is 5.09. The number of rotatable bonds is 8. The number of ether oxygens (including phenoxy) is 2. The number of halogens is 3. The van der Waals surface area contributed by atoms with Gasteiger partial charge < -0.3 is 19.0 Å². The molecule has 1 amide bonds. The Hall–Kier alpha value is -4.71. The highest BCUT2D eigenvalue weighted by molar-refractivity contribution is 8.14. The maximum atomic E-state index is 14.8. The van der Waals surface area contributed by atoms with Crippen molar-refractivity contribution in [1.29, 1.82) is 0 Å². The Morgan fingerprint density at radius 3 is 2.42 bits per heavy atom. The van der Waals surface area contributed by atoms with Crippen LogP contribution in [0, 0.1) is 17.5 Å². The van der Waals surface area contributed by atoms with Gasteiger partial charge in [0.2, 0.25) is 0 Å². The highest BCUT2D eigenvalue weighted by Gasteiger charge is 2.37. The van der Waals surface area contributed by atoms with Crippen LogP contribution in [0.5, 0.6) is 11.5 Å². The molecule has 1 N–H and O–H groups in total. The van der Waals surface area contributed by atoms with Gasteiger partial charge in [-0.25, -0.2) is 23.0 Å². The molecule has 0 radical (unpaired) electrons. The Kier molecular flexibility index (Phi) is 7.52. The van der Waals surface area contributed by atoms with Gasteiger partial charge in [0.1, 0.15) is 57.1 Å². The standard InChI is InChI=1S/C28H19F3N2O6S/c1-37-19-12-21(30)24(22(31)13-19)26(34)33-27(40-25(32-33)15-5-7-17(29)8-6-15)16-3-2-4-18(11-16)39-14-23-20(28(35)36)9-10-38-23/h2-13,27H,14H2,1H3,(H,35,36). The van der Waals surface area contributed by atoms with E-state index in [0.717, 1.165) is 28.9 Å². The largest absolute Gasteiger partial charge is 0.497 e. The van der Waals surface area contributed by atoms with E-state index in [1.165, 1.54) is 43.7 Å². The molecule has 5 rings (SSSR count). The van der Waals surface area contributed by atoms with Crippen LogP contribution < -0.4 is 9.47 Å². The van der Waals surface area contributed by atoms with Crippen LogP contribution in [-0.4, -0.2) is 34.1 Å². The van der Waals surface area contributed by atoms with Crippen molar-refractivity contribution in [3.8, 4) is 11.5 Å². The van der Waals surface area contributed by atoms with Gasteiger partial charge in [0.25, 0.3) is 5.91 Å². The van der Waals surface area contributed by atoms with Gasteiger partial charge >= 0.3 is 5.97 Å². The number of carboxylic acids is 1. The van der Waals surface area contributed by atoms with Crippen molar-refractivity contribution in [1.82, 2.24) is 5.01 Å². The maximum Gasteiger partial charge on any atom is 0.339 e. The second-order valence-electron chi connectivity index (χ2n) is 8.42. The summed E-state index contributed by atoms with van der Waals surface area (Å²) in [5.41, 5.74) is 0.125. The first-order valence-electron chi connectivity index (χ1n) is 11.7. The molecule has 0 fully saturated rings. The molecule has 1 aliphatic rings. The van der Waals surface area contributed by atoms with Gasteiger partial charge in [0.05, 0.1) is 13.4 Å². The van der Waals surface area contributed by atoms with Crippen molar-refractivity contribution in [3.63, 3.8) is 0 Å². The number of benzene rings is 3. The summed E-state index contributed by atoms with van der Waals surface area (Å²) in [5.74, 6) is -4.59. The van der Waals surface area contributed by atoms with Crippen LogP contribution in [0.1, 0.15) is 43.0 Å². The summed E-state index contributed by atoms with van der Waals surface area (Å²) < 4.78 is 59.0. The van der Waals surface area contributed by atoms with Crippen LogP contribution in [0.4, 0.5) is 13.2 Å². The number of carboxylic acid groups (broad SMARTS) is 1. The Balaban J connectivity index is 1.48. The number of methoxy groups -OCH3 is 1. The number of nitrogens with zero attached hydrogens (tertiary/aromatic N) is 2. The van der Waals surface area contributed by atoms with Gasteiger partial charge in [-0.15, -0.1) is 0 Å². The number of hydrogen-bond acceptors (Lipinski definition) is 7. The zero-order valence-electron chi connectivity index (χ0n) is 20.6. The average molecular weight is 569 g/mol. The summed E-state index contributed by atoms with van der Waals surface area (Å²) in [5, 5.41) is 14.0. The molecule has 3 aromatic carbocycles. The van der Waals surface area contributed by atoms with Crippen molar-refractivity contribution < 1.29 is 41.8 Å². The van der Waals surface area contributed by atoms with Crippen LogP contribution >= 0.6 is 11.8 Å². The van der Waals surface area contributed by atoms with Crippen LogP contribution in [0.25, 0.3) is 0 Å². The van der Waals surface area contributed by atoms with Crippen LogP contribution in [0.15, 0.2) is 82.5 Å². The van der Waals surface area contributed by atoms with Crippen molar-refractivity contribution in [2.24, 2.45) is 5.10 Å². The second-order valence-corrected chi connectivity index (χ2v) is 9.49. The van der Waals surface area contributed by atoms with E-state index in [-0.39, 0.29) is 23.7 Å². The Morgan fingerprint density at radius 2 is 1.75 bits per heavy atom. The lowest BCUT2D eigenvalue weighted by molar-refractivity contribution is 0.0690. The molecule has 2 heterocycles. The smallest absolute Gasteiger partial charge is 0.339 e. The van der Waals surface area contributed by atoms with Crippen LogP contribution in [0.3, 0.4) is 0 Å². The molecule has 40 heavy (non-hydrogen) atoms. The molecule has 1 aromatic heterocycles. The summed E-state index contributed by atoms with van der Waals surface area (Å²) in [4.78, 5) is 24.8. The van der Waals surface area contributed by atoms with E-state index in [2.05, 4.69) is 5.10 Å². The molecule has 8 nitrogen and oxygen atoms in total. The lowest BCUT2D eigenvalue weighted by Crippen LogP contribution is -2.28. The van der Waals surface area contributed by atoms with Gasteiger partial charge in [-0.2, -0.15) is 5.10 Å². The van der Waals surface area contributed by atoms with Crippen molar-refractivity contribution >= 4 is 28.7 Å². The normalized spacial score (nSPS) is 14.7. The topological polar surface area (TPSA) is 102 Å². The number of furan rings is 1. The van der Waals surface area contributed by atoms with Crippen molar-refractivity contribution in [2.75, 3.05) is 7.11 Å². The van der Waals surface area contributed by atoms with E-state index in [0.29, 0.717) is 21.9 Å². The number of aromatic carboxylic acids is 1. The third-order valence-corrected chi connectivity index (χ3v) is 7.13. The minimum absolute atomic E-state index is 0.0415. The van der Waals surface area contributed by atoms with E-state index >= 15 is 0 Å². The molecule has 4 aromatic rings. The number of hydrazone groups is 1. The monoisotopic (exact) mass is 568 g/mol. The highest BCUT2D eigenvalue weighted by atomic mass is 32.2. The van der Waals surface area contributed by atoms with Gasteiger partial charge in [0, 0.05) is 17.7 Å². The Morgan fingerprint density at radius 1 is 1.02 bits per heavy atom. The van der Waals surface area contributed by atoms with Gasteiger partial charge in [-0.1, -0.05) is 23.9 Å². The minimum Gasteiger partial charge on any atom is -0.497 e. The molecule has 12 heteroatoms. The predicted octanol–water partition coefficient (Wildman–Crippen LogP) is 6.23. The number of hydrogen-bond donors (Lipinski definition) is 1. The second kappa shape index (κ2) is 11.2. The molecular formula is C28H19F3N2O6S. The molecule has 0 aliphatic carbocycles. The van der Waals surface area contributed by atoms with Crippen LogP contribution in [-0.2, 0) is 6.61 Å². The molecule has 1 aliphatic heterocycles. The minimum atomic E-state index is -1.17. The van der Waals surface area contributed by atoms with Crippen LogP contribution in [0.2, 0.25) is 0 Å². The number of carbonyl (C=O) groups is 2. The molecule has 0 bridgehead atoms. The third-order valence-electron chi connectivity index (χ3n) is 5.90. The zero-order chi connectivity index (χ0) is 28.4. The first kappa shape index (κ1) is 26.9. The summed E-state index contributed by atoms with van der Waals surface area (Å²) in [6, 6.07) is 15.0. The Labute approximate surface area is 229 Å². The average Bonchev–Trinajstić information content (AvgIpc) is 3.60. The number of thioether (sulfide) groups is 1. The summed E-state index contributed by atoms with van der Waals surface area (Å²) in [6.07, 6.45) is 1.24. The third kappa shape index (κ3) is 5.38. The molecule has 1 unspecified atom stereocenters. The quantitative estimate of drug-likeness (QED) is 0.269. The molecule has 0 saturated carbocycles. The van der Waals surface area contributed by atoms with Gasteiger partial charge in [-0.05, 0) is 48.0 Å². The summed E-state index contributed by atoms with van der Waals surface area (Å²) >= 11 is 1.12. The van der Waals surface area contributed by atoms with Gasteiger partial charge in [-0.3, -0.25) is 4.79 Å². The van der Waals surface area contributed by atoms with Crippen molar-refractivity contribution in [3.05, 3.63) is 118 Å². The van der Waals surface area contributed by atoms with E-state index in [9.17, 15) is 27.9 Å². The highest BCUT2D eigenvalue weighted by Crippen LogP contribution is 2.43. The Bertz CT molecular complexity index is 1600. The lowest BCUT2D eigenvalue weighted by atomic mass is 10.1. The van der Waals surface area contributed by atoms with E-state index < -0.39 is 40.3 Å². The summed E-state index contributed by atoms with van der Waals surface area (Å²) in [6.45, 7) is -0.182. The number of amides is 1. The molecule has 0 spiro atoms. The van der Waals surface area contributed by atoms with Crippen molar-refractivity contribution in [2.45, 2.75) is 12.0 Å². The predicted molar refractivity (Wildman–Crippen MR) is 139 cm³/mol. The van der Waals surface area contributed by atoms with E-state index in [4.69, 9.17) is 13.9 Å². The fourth-order valence-electron chi connectivity index (χ4n) is 3.95. The zero-order valence-corrected chi connectivity index (χ0v) is 21.5. The molecule has 0 saturated heterocycles. The summed E-state index contributed by atoms with van der Waals surface area (Å²) in [7, 11) is 1.24. The first-order chi connectivity index (χ1) is 19.2. The molecule has 1 atom stereocenters. The molecule has 204 valence electrons. The maximum absolute atomic E-state index is 14.8.